The molecule has 1 aromatic rings. The molecule has 18 heavy (non-hydrogen) atoms. The number of carboxylic acid groups (broad SMARTS) is 1. The zero-order valence-electron chi connectivity index (χ0n) is 10.4. The van der Waals surface area contributed by atoms with Crippen molar-refractivity contribution in [3.8, 4) is 0 Å². The molecule has 0 bridgehead atoms. The first-order chi connectivity index (χ1) is 8.60. The first-order valence-corrected chi connectivity index (χ1v) is 6.63. The van der Waals surface area contributed by atoms with E-state index in [0.717, 1.165) is 25.9 Å². The number of carboxylic acids is 1. The van der Waals surface area contributed by atoms with E-state index in [0.29, 0.717) is 11.7 Å². The van der Waals surface area contributed by atoms with Gasteiger partial charge in [-0.05, 0) is 30.9 Å². The van der Waals surface area contributed by atoms with Gasteiger partial charge in [0.15, 0.2) is 0 Å². The molecule has 1 aliphatic rings. The first kappa shape index (κ1) is 13.1. The van der Waals surface area contributed by atoms with Gasteiger partial charge in [-0.3, -0.25) is 0 Å². The van der Waals surface area contributed by atoms with E-state index in [4.69, 9.17) is 16.7 Å². The van der Waals surface area contributed by atoms with Crippen LogP contribution in [-0.4, -0.2) is 29.1 Å². The summed E-state index contributed by atoms with van der Waals surface area (Å²) in [4.78, 5) is 17.4. The third-order valence-electron chi connectivity index (χ3n) is 3.45. The molecule has 1 unspecified atom stereocenters. The van der Waals surface area contributed by atoms with Crippen LogP contribution in [0.4, 0.5) is 5.82 Å². The zero-order valence-corrected chi connectivity index (χ0v) is 11.2. The van der Waals surface area contributed by atoms with E-state index in [1.54, 1.807) is 6.07 Å². The number of nitrogens with zero attached hydrogens (tertiary/aromatic N) is 2. The van der Waals surface area contributed by atoms with Crippen molar-refractivity contribution in [3.63, 3.8) is 0 Å². The van der Waals surface area contributed by atoms with Gasteiger partial charge in [0.2, 0.25) is 0 Å². The summed E-state index contributed by atoms with van der Waals surface area (Å²) >= 11 is 5.88. The number of halogens is 1. The number of piperidine rings is 1. The van der Waals surface area contributed by atoms with Gasteiger partial charge in [0.05, 0.1) is 5.56 Å². The van der Waals surface area contributed by atoms with E-state index in [1.165, 1.54) is 12.5 Å². The highest BCUT2D eigenvalue weighted by Gasteiger charge is 2.20. The summed E-state index contributed by atoms with van der Waals surface area (Å²) in [5.74, 6) is 0.371. The third-order valence-corrected chi connectivity index (χ3v) is 3.64. The molecule has 4 nitrogen and oxygen atoms in total. The van der Waals surface area contributed by atoms with Gasteiger partial charge in [-0.1, -0.05) is 24.9 Å². The molecule has 1 fully saturated rings. The van der Waals surface area contributed by atoms with E-state index in [1.807, 2.05) is 0 Å². The smallest absolute Gasteiger partial charge is 0.335 e. The lowest BCUT2D eigenvalue weighted by Gasteiger charge is -2.33. The number of carbonyl (C=O) groups is 1. The summed E-state index contributed by atoms with van der Waals surface area (Å²) in [5, 5.41) is 9.26. The summed E-state index contributed by atoms with van der Waals surface area (Å²) in [6, 6.07) is 2.99. The van der Waals surface area contributed by atoms with Crippen LogP contribution in [0.3, 0.4) is 0 Å². The van der Waals surface area contributed by atoms with Crippen LogP contribution in [0.25, 0.3) is 0 Å². The fraction of sp³-hybridized carbons (Fsp3) is 0.538. The number of aromatic nitrogens is 1. The van der Waals surface area contributed by atoms with Crippen molar-refractivity contribution in [2.75, 3.05) is 18.0 Å². The molecular formula is C13H17ClN2O2. The molecule has 0 saturated carbocycles. The van der Waals surface area contributed by atoms with Gasteiger partial charge in [0.25, 0.3) is 0 Å². The molecule has 5 heteroatoms. The minimum Gasteiger partial charge on any atom is -0.478 e. The Labute approximate surface area is 112 Å². The Morgan fingerprint density at radius 1 is 1.61 bits per heavy atom. The molecule has 0 spiro atoms. The second kappa shape index (κ2) is 5.57. The summed E-state index contributed by atoms with van der Waals surface area (Å²) in [6.45, 7) is 4.04. The second-order valence-electron chi connectivity index (χ2n) is 4.70. The van der Waals surface area contributed by atoms with Crippen LogP contribution in [0, 0.1) is 5.92 Å². The Morgan fingerprint density at radius 2 is 2.39 bits per heavy atom. The van der Waals surface area contributed by atoms with Gasteiger partial charge in [0, 0.05) is 13.1 Å². The zero-order chi connectivity index (χ0) is 13.1. The van der Waals surface area contributed by atoms with Crippen LogP contribution in [0.2, 0.25) is 5.15 Å². The van der Waals surface area contributed by atoms with E-state index in [9.17, 15) is 4.79 Å². The minimum absolute atomic E-state index is 0.198. The SMILES string of the molecule is CCC1CCCN(c2cc(C(=O)O)cc(Cl)n2)C1. The number of aromatic carboxylic acids is 1. The molecule has 0 radical (unpaired) electrons. The second-order valence-corrected chi connectivity index (χ2v) is 5.09. The van der Waals surface area contributed by atoms with E-state index in [-0.39, 0.29) is 10.7 Å². The lowest BCUT2D eigenvalue weighted by atomic mass is 9.95. The van der Waals surface area contributed by atoms with Crippen molar-refractivity contribution in [1.29, 1.82) is 0 Å². The fourth-order valence-corrected chi connectivity index (χ4v) is 2.58. The Hall–Kier alpha value is -1.29. The highest BCUT2D eigenvalue weighted by atomic mass is 35.5. The Balaban J connectivity index is 2.24. The van der Waals surface area contributed by atoms with E-state index < -0.39 is 5.97 Å². The molecule has 1 atom stereocenters. The molecule has 0 aliphatic carbocycles. The summed E-state index contributed by atoms with van der Waals surface area (Å²) in [7, 11) is 0. The quantitative estimate of drug-likeness (QED) is 0.856. The standard InChI is InChI=1S/C13H17ClN2O2/c1-2-9-4-3-5-16(8-9)12-7-10(13(17)18)6-11(14)15-12/h6-7,9H,2-5,8H2,1H3,(H,17,18). The molecule has 98 valence electrons. The normalized spacial score (nSPS) is 19.9. The molecule has 0 amide bonds. The average Bonchev–Trinajstić information content (AvgIpc) is 2.38. The van der Waals surface area contributed by atoms with Crippen LogP contribution >= 0.6 is 11.6 Å². The lowest BCUT2D eigenvalue weighted by molar-refractivity contribution is 0.0697. The Kier molecular flexibility index (Phi) is 4.07. The third kappa shape index (κ3) is 2.93. The van der Waals surface area contributed by atoms with Gasteiger partial charge in [-0.25, -0.2) is 9.78 Å². The highest BCUT2D eigenvalue weighted by Crippen LogP contribution is 2.25. The molecule has 0 aromatic carbocycles. The highest BCUT2D eigenvalue weighted by molar-refractivity contribution is 6.29. The van der Waals surface area contributed by atoms with Crippen molar-refractivity contribution in [1.82, 2.24) is 4.98 Å². The number of anilines is 1. The van der Waals surface area contributed by atoms with Crippen LogP contribution in [0.1, 0.15) is 36.5 Å². The van der Waals surface area contributed by atoms with E-state index in [2.05, 4.69) is 16.8 Å². The number of rotatable bonds is 3. The minimum atomic E-state index is -0.968. The summed E-state index contributed by atoms with van der Waals surface area (Å²) in [5.41, 5.74) is 0.198. The first-order valence-electron chi connectivity index (χ1n) is 6.26. The monoisotopic (exact) mass is 268 g/mol. The largest absolute Gasteiger partial charge is 0.478 e. The van der Waals surface area contributed by atoms with Crippen LogP contribution < -0.4 is 4.90 Å². The molecule has 2 rings (SSSR count). The molecule has 1 N–H and O–H groups in total. The van der Waals surface area contributed by atoms with Crippen molar-refractivity contribution in [2.24, 2.45) is 5.92 Å². The van der Waals surface area contributed by atoms with Gasteiger partial charge in [0.1, 0.15) is 11.0 Å². The topological polar surface area (TPSA) is 53.4 Å². The maximum atomic E-state index is 11.0. The Bertz CT molecular complexity index is 451. The van der Waals surface area contributed by atoms with Crippen molar-refractivity contribution in [3.05, 3.63) is 22.8 Å². The molecular weight excluding hydrogens is 252 g/mol. The van der Waals surface area contributed by atoms with Crippen LogP contribution in [0.15, 0.2) is 12.1 Å². The maximum absolute atomic E-state index is 11.0. The molecule has 1 aromatic heterocycles. The van der Waals surface area contributed by atoms with Gasteiger partial charge < -0.3 is 10.0 Å². The summed E-state index contributed by atoms with van der Waals surface area (Å²) < 4.78 is 0. The van der Waals surface area contributed by atoms with Crippen LogP contribution in [-0.2, 0) is 0 Å². The number of hydrogen-bond acceptors (Lipinski definition) is 3. The number of hydrogen-bond donors (Lipinski definition) is 1. The lowest BCUT2D eigenvalue weighted by Crippen LogP contribution is -2.35. The predicted octanol–water partition coefficient (Wildman–Crippen LogP) is 3.06. The molecule has 1 saturated heterocycles. The maximum Gasteiger partial charge on any atom is 0.335 e. The van der Waals surface area contributed by atoms with Gasteiger partial charge in [-0.2, -0.15) is 0 Å². The fourth-order valence-electron chi connectivity index (χ4n) is 2.37. The summed E-state index contributed by atoms with van der Waals surface area (Å²) in [6.07, 6.45) is 3.50. The van der Waals surface area contributed by atoms with Crippen LogP contribution in [0.5, 0.6) is 0 Å². The van der Waals surface area contributed by atoms with Crippen molar-refractivity contribution < 1.29 is 9.90 Å². The van der Waals surface area contributed by atoms with Crippen molar-refractivity contribution >= 4 is 23.4 Å². The predicted molar refractivity (Wildman–Crippen MR) is 71.4 cm³/mol. The van der Waals surface area contributed by atoms with Gasteiger partial charge in [-0.15, -0.1) is 0 Å². The van der Waals surface area contributed by atoms with Gasteiger partial charge >= 0.3 is 5.97 Å². The average molecular weight is 269 g/mol. The van der Waals surface area contributed by atoms with Crippen molar-refractivity contribution in [2.45, 2.75) is 26.2 Å². The van der Waals surface area contributed by atoms with E-state index >= 15 is 0 Å². The number of pyridine rings is 1. The Morgan fingerprint density at radius 3 is 3.06 bits per heavy atom. The molecule has 1 aliphatic heterocycles. The molecule has 2 heterocycles.